The lowest BCUT2D eigenvalue weighted by Gasteiger charge is -2.37. The third kappa shape index (κ3) is 3.82. The molecule has 0 spiro atoms. The minimum absolute atomic E-state index is 0.00627. The fourth-order valence-corrected chi connectivity index (χ4v) is 3.89. The van der Waals surface area contributed by atoms with Gasteiger partial charge in [0.2, 0.25) is 5.91 Å². The van der Waals surface area contributed by atoms with Gasteiger partial charge in [-0.2, -0.15) is 0 Å². The summed E-state index contributed by atoms with van der Waals surface area (Å²) in [5.74, 6) is -0.141. The molecule has 2 aromatic carbocycles. The summed E-state index contributed by atoms with van der Waals surface area (Å²) in [5, 5.41) is 0. The Morgan fingerprint density at radius 3 is 2.33 bits per heavy atom. The fraction of sp³-hybridized carbons (Fsp3) is 0.381. The van der Waals surface area contributed by atoms with Crippen molar-refractivity contribution in [1.29, 1.82) is 0 Å². The molecule has 2 aliphatic heterocycles. The van der Waals surface area contributed by atoms with Crippen LogP contribution in [0.5, 0.6) is 0 Å². The van der Waals surface area contributed by atoms with Crippen LogP contribution < -0.4 is 15.8 Å². The third-order valence-corrected chi connectivity index (χ3v) is 5.52. The summed E-state index contributed by atoms with van der Waals surface area (Å²) in [5.41, 5.74) is 9.76. The number of aryl methyl sites for hydroxylation is 1. The molecule has 27 heavy (non-hydrogen) atoms. The average molecular weight is 368 g/mol. The summed E-state index contributed by atoms with van der Waals surface area (Å²) >= 11 is 0. The Hall–Kier alpha value is -2.44. The molecule has 4 rings (SSSR count). The molecule has 6 heteroatoms. The van der Waals surface area contributed by atoms with E-state index in [0.717, 1.165) is 24.3 Å². The molecule has 0 aromatic heterocycles. The third-order valence-electron chi connectivity index (χ3n) is 5.52. The predicted molar refractivity (Wildman–Crippen MR) is 104 cm³/mol. The summed E-state index contributed by atoms with van der Waals surface area (Å²) < 4.78 is 13.1. The van der Waals surface area contributed by atoms with Crippen LogP contribution in [0.15, 0.2) is 48.5 Å². The zero-order valence-electron chi connectivity index (χ0n) is 15.5. The molecule has 2 saturated heterocycles. The molecule has 2 atom stereocenters. The Kier molecular flexibility index (Phi) is 5.09. The fourth-order valence-electron chi connectivity index (χ4n) is 3.89. The number of rotatable bonds is 3. The van der Waals surface area contributed by atoms with Crippen molar-refractivity contribution in [2.45, 2.75) is 13.0 Å². The van der Waals surface area contributed by atoms with E-state index in [9.17, 15) is 9.18 Å². The van der Waals surface area contributed by atoms with E-state index in [-0.39, 0.29) is 23.7 Å². The maximum absolute atomic E-state index is 13.1. The topological polar surface area (TPSA) is 47.6 Å². The molecule has 0 saturated carbocycles. The van der Waals surface area contributed by atoms with Gasteiger partial charge in [0.25, 0.3) is 0 Å². The lowest BCUT2D eigenvalue weighted by Crippen LogP contribution is -2.51. The van der Waals surface area contributed by atoms with Gasteiger partial charge in [-0.05, 0) is 36.8 Å². The average Bonchev–Trinajstić information content (AvgIpc) is 3.18. The van der Waals surface area contributed by atoms with Crippen molar-refractivity contribution >= 4 is 11.6 Å². The molecular formula is C21H25FN4O. The van der Waals surface area contributed by atoms with Crippen LogP contribution in [0, 0.1) is 18.7 Å². The zero-order valence-corrected chi connectivity index (χ0v) is 15.5. The van der Waals surface area contributed by atoms with Gasteiger partial charge in [-0.25, -0.2) is 9.82 Å². The van der Waals surface area contributed by atoms with Crippen LogP contribution in [0.2, 0.25) is 0 Å². The normalized spacial score (nSPS) is 22.9. The summed E-state index contributed by atoms with van der Waals surface area (Å²) in [7, 11) is 0. The standard InChI is InChI=1S/C21H25FN4O/c1-15-2-4-16(5-3-15)20-19(14-23-24-20)21(27)26-12-10-25(11-13-26)18-8-6-17(22)7-9-18/h2-9,19-20,23-24H,10-14H2,1H3. The van der Waals surface area contributed by atoms with Crippen LogP contribution in [0.1, 0.15) is 17.2 Å². The van der Waals surface area contributed by atoms with E-state index in [1.807, 2.05) is 4.90 Å². The number of hydrazine groups is 1. The first-order valence-electron chi connectivity index (χ1n) is 9.46. The van der Waals surface area contributed by atoms with Crippen LogP contribution >= 0.6 is 0 Å². The Bertz CT molecular complexity index is 785. The van der Waals surface area contributed by atoms with Crippen LogP contribution in [0.4, 0.5) is 10.1 Å². The van der Waals surface area contributed by atoms with Gasteiger partial charge < -0.3 is 9.80 Å². The van der Waals surface area contributed by atoms with Crippen molar-refractivity contribution in [3.05, 3.63) is 65.5 Å². The van der Waals surface area contributed by atoms with Crippen LogP contribution in [0.3, 0.4) is 0 Å². The second-order valence-corrected chi connectivity index (χ2v) is 7.31. The number of nitrogens with one attached hydrogen (secondary N) is 2. The number of hydrogen-bond acceptors (Lipinski definition) is 4. The van der Waals surface area contributed by atoms with Gasteiger partial charge >= 0.3 is 0 Å². The van der Waals surface area contributed by atoms with Gasteiger partial charge in [-0.3, -0.25) is 10.2 Å². The van der Waals surface area contributed by atoms with E-state index in [1.165, 1.54) is 17.7 Å². The van der Waals surface area contributed by atoms with Crippen LogP contribution in [-0.4, -0.2) is 43.5 Å². The Balaban J connectivity index is 1.39. The molecule has 2 heterocycles. The summed E-state index contributed by atoms with van der Waals surface area (Å²) in [4.78, 5) is 17.3. The van der Waals surface area contributed by atoms with Crippen LogP contribution in [-0.2, 0) is 4.79 Å². The number of halogens is 1. The largest absolute Gasteiger partial charge is 0.368 e. The number of anilines is 1. The molecule has 2 fully saturated rings. The molecular weight excluding hydrogens is 343 g/mol. The van der Waals surface area contributed by atoms with Gasteiger partial charge in [-0.1, -0.05) is 29.8 Å². The first-order chi connectivity index (χ1) is 13.1. The number of benzene rings is 2. The Morgan fingerprint density at radius 1 is 1.00 bits per heavy atom. The minimum Gasteiger partial charge on any atom is -0.368 e. The van der Waals surface area contributed by atoms with E-state index >= 15 is 0 Å². The highest BCUT2D eigenvalue weighted by Crippen LogP contribution is 2.27. The number of carbonyl (C=O) groups excluding carboxylic acids is 1. The second-order valence-electron chi connectivity index (χ2n) is 7.31. The van der Waals surface area contributed by atoms with E-state index < -0.39 is 0 Å². The molecule has 0 radical (unpaired) electrons. The molecule has 0 bridgehead atoms. The monoisotopic (exact) mass is 368 g/mol. The molecule has 5 nitrogen and oxygen atoms in total. The first kappa shape index (κ1) is 17.9. The van der Waals surface area contributed by atoms with E-state index in [1.54, 1.807) is 12.1 Å². The first-order valence-corrected chi connectivity index (χ1v) is 9.46. The van der Waals surface area contributed by atoms with E-state index in [4.69, 9.17) is 0 Å². The van der Waals surface area contributed by atoms with Gasteiger partial charge in [-0.15, -0.1) is 0 Å². The molecule has 1 amide bonds. The lowest BCUT2D eigenvalue weighted by molar-refractivity contribution is -0.135. The van der Waals surface area contributed by atoms with Crippen molar-refractivity contribution in [3.8, 4) is 0 Å². The summed E-state index contributed by atoms with van der Waals surface area (Å²) in [6, 6.07) is 14.9. The molecule has 142 valence electrons. The predicted octanol–water partition coefficient (Wildman–Crippen LogP) is 2.25. The lowest BCUT2D eigenvalue weighted by atomic mass is 9.93. The van der Waals surface area contributed by atoms with Gasteiger partial charge in [0.1, 0.15) is 5.82 Å². The molecule has 2 unspecified atom stereocenters. The molecule has 2 aliphatic rings. The van der Waals surface area contributed by atoms with Crippen molar-refractivity contribution in [3.63, 3.8) is 0 Å². The highest BCUT2D eigenvalue weighted by molar-refractivity contribution is 5.80. The minimum atomic E-state index is -0.226. The number of carbonyl (C=O) groups is 1. The second kappa shape index (κ2) is 7.66. The molecule has 2 aromatic rings. The summed E-state index contributed by atoms with van der Waals surface area (Å²) in [6.45, 7) is 5.60. The quantitative estimate of drug-likeness (QED) is 0.873. The van der Waals surface area contributed by atoms with E-state index in [0.29, 0.717) is 19.6 Å². The SMILES string of the molecule is Cc1ccc(C2NNCC2C(=O)N2CCN(c3ccc(F)cc3)CC2)cc1. The molecule has 0 aliphatic carbocycles. The number of hydrogen-bond donors (Lipinski definition) is 2. The smallest absolute Gasteiger partial charge is 0.229 e. The summed E-state index contributed by atoms with van der Waals surface area (Å²) in [6.07, 6.45) is 0. The van der Waals surface area contributed by atoms with Crippen molar-refractivity contribution in [2.75, 3.05) is 37.6 Å². The van der Waals surface area contributed by atoms with Gasteiger partial charge in [0.15, 0.2) is 0 Å². The van der Waals surface area contributed by atoms with Crippen molar-refractivity contribution in [2.24, 2.45) is 5.92 Å². The van der Waals surface area contributed by atoms with Crippen molar-refractivity contribution in [1.82, 2.24) is 15.8 Å². The van der Waals surface area contributed by atoms with Gasteiger partial charge in [0.05, 0.1) is 12.0 Å². The maximum atomic E-state index is 13.1. The molecule has 2 N–H and O–H groups in total. The number of nitrogens with zero attached hydrogens (tertiary/aromatic N) is 2. The Labute approximate surface area is 159 Å². The maximum Gasteiger partial charge on any atom is 0.229 e. The Morgan fingerprint density at radius 2 is 1.67 bits per heavy atom. The number of amides is 1. The van der Waals surface area contributed by atoms with Crippen LogP contribution in [0.25, 0.3) is 0 Å². The number of piperazine rings is 1. The van der Waals surface area contributed by atoms with Gasteiger partial charge in [0, 0.05) is 38.4 Å². The van der Waals surface area contributed by atoms with Crippen molar-refractivity contribution < 1.29 is 9.18 Å². The highest BCUT2D eigenvalue weighted by Gasteiger charge is 2.37. The highest BCUT2D eigenvalue weighted by atomic mass is 19.1. The van der Waals surface area contributed by atoms with E-state index in [2.05, 4.69) is 46.9 Å². The zero-order chi connectivity index (χ0) is 18.8.